The first-order valence-corrected chi connectivity index (χ1v) is 5.65. The summed E-state index contributed by atoms with van der Waals surface area (Å²) >= 11 is 0. The van der Waals surface area contributed by atoms with Crippen LogP contribution in [0.15, 0.2) is 0 Å². The molecule has 0 aliphatic rings. The van der Waals surface area contributed by atoms with E-state index in [1.54, 1.807) is 7.11 Å². The van der Waals surface area contributed by atoms with Crippen molar-refractivity contribution in [3.63, 3.8) is 0 Å². The fourth-order valence-corrected chi connectivity index (χ4v) is 1.33. The Morgan fingerprint density at radius 1 is 1.14 bits per heavy atom. The van der Waals surface area contributed by atoms with Gasteiger partial charge < -0.3 is 15.2 Å². The van der Waals surface area contributed by atoms with Gasteiger partial charge in [-0.05, 0) is 6.42 Å². The first-order valence-electron chi connectivity index (χ1n) is 5.65. The summed E-state index contributed by atoms with van der Waals surface area (Å²) in [6.45, 7) is 4.18. The van der Waals surface area contributed by atoms with E-state index >= 15 is 0 Å². The third-order valence-corrected chi connectivity index (χ3v) is 2.22. The lowest BCUT2D eigenvalue weighted by molar-refractivity contribution is 0.00211. The predicted molar refractivity (Wildman–Crippen MR) is 59.4 cm³/mol. The summed E-state index contributed by atoms with van der Waals surface area (Å²) in [5, 5.41) is 0. The molecule has 0 aromatic rings. The second-order valence-corrected chi connectivity index (χ2v) is 3.60. The molecule has 0 aliphatic carbocycles. The lowest BCUT2D eigenvalue weighted by Crippen LogP contribution is -2.28. The van der Waals surface area contributed by atoms with Crippen molar-refractivity contribution in [1.29, 1.82) is 0 Å². The largest absolute Gasteiger partial charge is 0.382 e. The Hall–Kier alpha value is -0.120. The Balaban J connectivity index is 3.15. The van der Waals surface area contributed by atoms with Crippen LogP contribution in [-0.4, -0.2) is 33.0 Å². The Kier molecular flexibility index (Phi) is 10.9. The zero-order valence-electron chi connectivity index (χ0n) is 9.63. The molecule has 0 bridgehead atoms. The minimum Gasteiger partial charge on any atom is -0.382 e. The Labute approximate surface area is 88.0 Å². The van der Waals surface area contributed by atoms with Crippen molar-refractivity contribution >= 4 is 0 Å². The number of rotatable bonds is 10. The molecule has 0 saturated carbocycles. The highest BCUT2D eigenvalue weighted by atomic mass is 16.5. The lowest BCUT2D eigenvalue weighted by Gasteiger charge is -2.14. The van der Waals surface area contributed by atoms with Crippen LogP contribution in [0.1, 0.15) is 39.0 Å². The first-order chi connectivity index (χ1) is 6.85. The van der Waals surface area contributed by atoms with E-state index in [1.807, 2.05) is 0 Å². The van der Waals surface area contributed by atoms with Gasteiger partial charge in [0, 0.05) is 20.3 Å². The van der Waals surface area contributed by atoms with Gasteiger partial charge in [0.05, 0.1) is 12.7 Å². The van der Waals surface area contributed by atoms with E-state index in [-0.39, 0.29) is 6.10 Å². The van der Waals surface area contributed by atoms with Crippen LogP contribution in [0.5, 0.6) is 0 Å². The average molecular weight is 203 g/mol. The molecule has 1 unspecified atom stereocenters. The monoisotopic (exact) mass is 203 g/mol. The van der Waals surface area contributed by atoms with Crippen LogP contribution in [0.4, 0.5) is 0 Å². The maximum absolute atomic E-state index is 5.56. The molecule has 3 heteroatoms. The van der Waals surface area contributed by atoms with Gasteiger partial charge >= 0.3 is 0 Å². The van der Waals surface area contributed by atoms with Crippen LogP contribution in [0.25, 0.3) is 0 Å². The summed E-state index contributed by atoms with van der Waals surface area (Å²) in [5.41, 5.74) is 5.52. The predicted octanol–water partition coefficient (Wildman–Crippen LogP) is 1.95. The van der Waals surface area contributed by atoms with E-state index < -0.39 is 0 Å². The van der Waals surface area contributed by atoms with E-state index in [4.69, 9.17) is 15.2 Å². The minimum atomic E-state index is 0.0752. The summed E-state index contributed by atoms with van der Waals surface area (Å²) in [7, 11) is 1.67. The van der Waals surface area contributed by atoms with Crippen LogP contribution in [0.3, 0.4) is 0 Å². The van der Waals surface area contributed by atoms with Gasteiger partial charge in [-0.2, -0.15) is 0 Å². The first kappa shape index (κ1) is 13.9. The van der Waals surface area contributed by atoms with Gasteiger partial charge in [-0.25, -0.2) is 0 Å². The molecular formula is C11H25NO2. The molecule has 3 nitrogen and oxygen atoms in total. The fourth-order valence-electron chi connectivity index (χ4n) is 1.33. The molecular weight excluding hydrogens is 178 g/mol. The topological polar surface area (TPSA) is 44.5 Å². The molecule has 0 amide bonds. The second kappa shape index (κ2) is 11.0. The SMILES string of the molecule is CCCCCCCOC(CN)COC. The summed E-state index contributed by atoms with van der Waals surface area (Å²) in [5.74, 6) is 0. The number of hydrogen-bond donors (Lipinski definition) is 1. The van der Waals surface area contributed by atoms with Crippen molar-refractivity contribution in [3.8, 4) is 0 Å². The molecule has 2 N–H and O–H groups in total. The molecule has 0 aromatic heterocycles. The highest BCUT2D eigenvalue weighted by Gasteiger charge is 2.04. The lowest BCUT2D eigenvalue weighted by atomic mass is 10.2. The molecule has 0 heterocycles. The molecule has 0 radical (unpaired) electrons. The van der Waals surface area contributed by atoms with E-state index in [2.05, 4.69) is 6.92 Å². The molecule has 1 atom stereocenters. The third-order valence-electron chi connectivity index (χ3n) is 2.22. The highest BCUT2D eigenvalue weighted by Crippen LogP contribution is 2.03. The molecule has 0 rings (SSSR count). The van der Waals surface area contributed by atoms with Crippen LogP contribution < -0.4 is 5.73 Å². The van der Waals surface area contributed by atoms with E-state index in [0.717, 1.165) is 13.0 Å². The summed E-state index contributed by atoms with van der Waals surface area (Å²) in [6, 6.07) is 0. The fraction of sp³-hybridized carbons (Fsp3) is 1.00. The molecule has 14 heavy (non-hydrogen) atoms. The zero-order valence-corrected chi connectivity index (χ0v) is 9.63. The molecule has 0 fully saturated rings. The van der Waals surface area contributed by atoms with Crippen LogP contribution in [0, 0.1) is 0 Å². The maximum Gasteiger partial charge on any atom is 0.0930 e. The van der Waals surface area contributed by atoms with Crippen LogP contribution >= 0.6 is 0 Å². The van der Waals surface area contributed by atoms with Gasteiger partial charge in [-0.15, -0.1) is 0 Å². The Bertz CT molecular complexity index is 109. The highest BCUT2D eigenvalue weighted by molar-refractivity contribution is 4.56. The van der Waals surface area contributed by atoms with Gasteiger partial charge in [0.15, 0.2) is 0 Å². The smallest absolute Gasteiger partial charge is 0.0930 e. The summed E-state index contributed by atoms with van der Waals surface area (Å²) < 4.78 is 10.5. The second-order valence-electron chi connectivity index (χ2n) is 3.60. The van der Waals surface area contributed by atoms with Crippen LogP contribution in [0.2, 0.25) is 0 Å². The third kappa shape index (κ3) is 8.48. The van der Waals surface area contributed by atoms with Crippen molar-refractivity contribution in [2.24, 2.45) is 5.73 Å². The minimum absolute atomic E-state index is 0.0752. The van der Waals surface area contributed by atoms with E-state index in [0.29, 0.717) is 13.2 Å². The van der Waals surface area contributed by atoms with Crippen molar-refractivity contribution < 1.29 is 9.47 Å². The maximum atomic E-state index is 5.56. The number of hydrogen-bond acceptors (Lipinski definition) is 3. The molecule has 86 valence electrons. The van der Waals surface area contributed by atoms with Crippen molar-refractivity contribution in [2.75, 3.05) is 26.9 Å². The normalized spacial score (nSPS) is 13.1. The molecule has 0 saturated heterocycles. The van der Waals surface area contributed by atoms with Gasteiger partial charge in [0.1, 0.15) is 0 Å². The standard InChI is InChI=1S/C11H25NO2/c1-3-4-5-6-7-8-14-11(9-12)10-13-2/h11H,3-10,12H2,1-2H3. The molecule has 0 spiro atoms. The van der Waals surface area contributed by atoms with Gasteiger partial charge in [0.25, 0.3) is 0 Å². The Morgan fingerprint density at radius 3 is 2.43 bits per heavy atom. The molecule has 0 aliphatic heterocycles. The summed E-state index contributed by atoms with van der Waals surface area (Å²) in [4.78, 5) is 0. The van der Waals surface area contributed by atoms with E-state index in [9.17, 15) is 0 Å². The number of methoxy groups -OCH3 is 1. The molecule has 0 aromatic carbocycles. The Morgan fingerprint density at radius 2 is 1.86 bits per heavy atom. The van der Waals surface area contributed by atoms with E-state index in [1.165, 1.54) is 25.7 Å². The van der Waals surface area contributed by atoms with Crippen molar-refractivity contribution in [1.82, 2.24) is 0 Å². The van der Waals surface area contributed by atoms with Gasteiger partial charge in [-0.1, -0.05) is 32.6 Å². The quantitative estimate of drug-likeness (QED) is 0.552. The van der Waals surface area contributed by atoms with Crippen molar-refractivity contribution in [2.45, 2.75) is 45.1 Å². The number of ether oxygens (including phenoxy) is 2. The zero-order chi connectivity index (χ0) is 10.6. The number of unbranched alkanes of at least 4 members (excludes halogenated alkanes) is 4. The van der Waals surface area contributed by atoms with Gasteiger partial charge in [-0.3, -0.25) is 0 Å². The summed E-state index contributed by atoms with van der Waals surface area (Å²) in [6.07, 6.45) is 6.41. The number of nitrogens with two attached hydrogens (primary N) is 1. The van der Waals surface area contributed by atoms with Crippen LogP contribution in [-0.2, 0) is 9.47 Å². The van der Waals surface area contributed by atoms with Crippen molar-refractivity contribution in [3.05, 3.63) is 0 Å². The average Bonchev–Trinajstić information content (AvgIpc) is 2.21. The van der Waals surface area contributed by atoms with Gasteiger partial charge in [0.2, 0.25) is 0 Å².